The highest BCUT2D eigenvalue weighted by molar-refractivity contribution is 5.91. The summed E-state index contributed by atoms with van der Waals surface area (Å²) in [5.74, 6) is 1.30. The molecule has 2 aromatic rings. The molecule has 0 saturated heterocycles. The molecule has 0 spiro atoms. The zero-order valence-electron chi connectivity index (χ0n) is 16.5. The molecule has 0 saturated carbocycles. The predicted molar refractivity (Wildman–Crippen MR) is 108 cm³/mol. The van der Waals surface area contributed by atoms with Crippen molar-refractivity contribution in [2.24, 2.45) is 0 Å². The molecule has 2 N–H and O–H groups in total. The zero-order valence-corrected chi connectivity index (χ0v) is 16.5. The van der Waals surface area contributed by atoms with E-state index in [2.05, 4.69) is 27.7 Å². The first-order chi connectivity index (χ1) is 13.0. The number of amides is 2. The molecule has 146 valence electrons. The van der Waals surface area contributed by atoms with Crippen LogP contribution < -0.4 is 20.1 Å². The molecular formula is C21H29N3O3. The fourth-order valence-corrected chi connectivity index (χ4v) is 2.62. The summed E-state index contributed by atoms with van der Waals surface area (Å²) in [7, 11) is 4.08. The Morgan fingerprint density at radius 3 is 2.26 bits per heavy atom. The normalized spacial score (nSPS) is 10.6. The third kappa shape index (κ3) is 6.83. The lowest BCUT2D eigenvalue weighted by molar-refractivity contribution is 0.251. The van der Waals surface area contributed by atoms with Gasteiger partial charge in [-0.3, -0.25) is 0 Å². The summed E-state index contributed by atoms with van der Waals surface area (Å²) in [6.45, 7) is 6.24. The fraction of sp³-hybridized carbons (Fsp3) is 0.381. The Morgan fingerprint density at radius 1 is 0.963 bits per heavy atom. The quantitative estimate of drug-likeness (QED) is 0.702. The maximum Gasteiger partial charge on any atom is 0.319 e. The molecule has 0 aliphatic carbocycles. The first-order valence-electron chi connectivity index (χ1n) is 9.18. The number of nitrogens with zero attached hydrogens (tertiary/aromatic N) is 1. The lowest BCUT2D eigenvalue weighted by Crippen LogP contribution is -2.28. The number of nitrogens with one attached hydrogen (secondary N) is 2. The Balaban J connectivity index is 1.95. The van der Waals surface area contributed by atoms with Gasteiger partial charge in [-0.15, -0.1) is 0 Å². The summed E-state index contributed by atoms with van der Waals surface area (Å²) < 4.78 is 11.1. The van der Waals surface area contributed by atoms with Gasteiger partial charge in [-0.25, -0.2) is 4.79 Å². The average Bonchev–Trinajstić information content (AvgIpc) is 2.63. The van der Waals surface area contributed by atoms with Gasteiger partial charge in [0.05, 0.1) is 18.9 Å². The van der Waals surface area contributed by atoms with Crippen molar-refractivity contribution in [2.75, 3.05) is 32.6 Å². The number of carbonyl (C=O) groups is 1. The van der Waals surface area contributed by atoms with Crippen molar-refractivity contribution in [1.82, 2.24) is 10.2 Å². The Morgan fingerprint density at radius 2 is 1.63 bits per heavy atom. The smallest absolute Gasteiger partial charge is 0.319 e. The molecule has 0 heterocycles. The molecule has 2 aromatic carbocycles. The van der Waals surface area contributed by atoms with Gasteiger partial charge in [-0.05, 0) is 51.2 Å². The second-order valence-corrected chi connectivity index (χ2v) is 6.39. The van der Waals surface area contributed by atoms with Crippen LogP contribution in [0.5, 0.6) is 11.5 Å². The van der Waals surface area contributed by atoms with E-state index >= 15 is 0 Å². The van der Waals surface area contributed by atoms with Crippen LogP contribution in [0.2, 0.25) is 0 Å². The molecule has 0 radical (unpaired) electrons. The third-order valence-corrected chi connectivity index (χ3v) is 3.78. The summed E-state index contributed by atoms with van der Waals surface area (Å²) in [5.41, 5.74) is 2.87. The minimum Gasteiger partial charge on any atom is -0.494 e. The lowest BCUT2D eigenvalue weighted by atomic mass is 10.1. The molecule has 0 unspecified atom stereocenters. The molecule has 0 aliphatic rings. The largest absolute Gasteiger partial charge is 0.494 e. The van der Waals surface area contributed by atoms with E-state index in [1.54, 1.807) is 12.1 Å². The molecule has 0 fully saturated rings. The first-order valence-corrected chi connectivity index (χ1v) is 9.18. The summed E-state index contributed by atoms with van der Waals surface area (Å²) in [4.78, 5) is 14.4. The number of anilines is 1. The molecule has 6 nitrogen and oxygen atoms in total. The van der Waals surface area contributed by atoms with Crippen LogP contribution >= 0.6 is 0 Å². The minimum atomic E-state index is -0.290. The van der Waals surface area contributed by atoms with Gasteiger partial charge >= 0.3 is 6.03 Å². The van der Waals surface area contributed by atoms with Gasteiger partial charge in [0.1, 0.15) is 11.5 Å². The summed E-state index contributed by atoms with van der Waals surface area (Å²) >= 11 is 0. The number of urea groups is 1. The molecule has 6 heteroatoms. The number of carbonyl (C=O) groups excluding carboxylic acids is 1. The molecule has 0 aromatic heterocycles. The van der Waals surface area contributed by atoms with E-state index in [1.807, 2.05) is 46.1 Å². The lowest BCUT2D eigenvalue weighted by Gasteiger charge is -2.14. The van der Waals surface area contributed by atoms with E-state index in [1.165, 1.54) is 5.56 Å². The van der Waals surface area contributed by atoms with Gasteiger partial charge in [0.25, 0.3) is 0 Å². The highest BCUT2D eigenvalue weighted by Gasteiger charge is 2.10. The molecule has 27 heavy (non-hydrogen) atoms. The Labute approximate surface area is 161 Å². The predicted octanol–water partition coefficient (Wildman–Crippen LogP) is 3.87. The van der Waals surface area contributed by atoms with Gasteiger partial charge in [0.2, 0.25) is 0 Å². The Kier molecular flexibility index (Phi) is 7.95. The van der Waals surface area contributed by atoms with Crippen molar-refractivity contribution >= 4 is 11.7 Å². The van der Waals surface area contributed by atoms with E-state index in [0.29, 0.717) is 36.9 Å². The topological polar surface area (TPSA) is 62.8 Å². The van der Waals surface area contributed by atoms with Crippen molar-refractivity contribution in [1.29, 1.82) is 0 Å². The highest BCUT2D eigenvalue weighted by atomic mass is 16.5. The number of benzene rings is 2. The molecule has 2 amide bonds. The second kappa shape index (κ2) is 10.4. The van der Waals surface area contributed by atoms with Crippen molar-refractivity contribution in [3.05, 3.63) is 53.6 Å². The highest BCUT2D eigenvalue weighted by Crippen LogP contribution is 2.29. The summed E-state index contributed by atoms with van der Waals surface area (Å²) in [6, 6.07) is 13.3. The van der Waals surface area contributed by atoms with Crippen LogP contribution in [0.4, 0.5) is 10.5 Å². The van der Waals surface area contributed by atoms with Crippen LogP contribution in [-0.2, 0) is 13.1 Å². The van der Waals surface area contributed by atoms with Gasteiger partial charge < -0.3 is 25.0 Å². The molecule has 0 bridgehead atoms. The van der Waals surface area contributed by atoms with Crippen LogP contribution in [0.3, 0.4) is 0 Å². The molecule has 0 atom stereocenters. The minimum absolute atomic E-state index is 0.290. The van der Waals surface area contributed by atoms with E-state index in [9.17, 15) is 4.79 Å². The zero-order chi connectivity index (χ0) is 19.6. The van der Waals surface area contributed by atoms with Crippen molar-refractivity contribution in [2.45, 2.75) is 26.9 Å². The van der Waals surface area contributed by atoms with E-state index in [-0.39, 0.29) is 6.03 Å². The standard InChI is InChI=1S/C21H29N3O3/c1-5-26-18-11-12-20(27-6-2)19(13-18)23-21(25)22-14-16-7-9-17(10-8-16)15-24(3)4/h7-13H,5-6,14-15H2,1-4H3,(H2,22,23,25). The number of ether oxygens (including phenoxy) is 2. The fourth-order valence-electron chi connectivity index (χ4n) is 2.62. The van der Waals surface area contributed by atoms with Crippen LogP contribution in [0.1, 0.15) is 25.0 Å². The van der Waals surface area contributed by atoms with Crippen LogP contribution in [0.15, 0.2) is 42.5 Å². The summed E-state index contributed by atoms with van der Waals surface area (Å²) in [6.07, 6.45) is 0. The average molecular weight is 371 g/mol. The van der Waals surface area contributed by atoms with Gasteiger partial charge in [0, 0.05) is 19.2 Å². The first kappa shape index (κ1) is 20.6. The number of hydrogen-bond donors (Lipinski definition) is 2. The van der Waals surface area contributed by atoms with Crippen LogP contribution in [0.25, 0.3) is 0 Å². The molecule has 2 rings (SSSR count). The van der Waals surface area contributed by atoms with Gasteiger partial charge in [-0.1, -0.05) is 24.3 Å². The Hall–Kier alpha value is -2.73. The monoisotopic (exact) mass is 371 g/mol. The second-order valence-electron chi connectivity index (χ2n) is 6.39. The summed E-state index contributed by atoms with van der Waals surface area (Å²) in [5, 5.41) is 5.71. The van der Waals surface area contributed by atoms with E-state index < -0.39 is 0 Å². The van der Waals surface area contributed by atoms with Gasteiger partial charge in [0.15, 0.2) is 0 Å². The maximum atomic E-state index is 12.3. The SMILES string of the molecule is CCOc1ccc(OCC)c(NC(=O)NCc2ccc(CN(C)C)cc2)c1. The number of hydrogen-bond acceptors (Lipinski definition) is 4. The number of rotatable bonds is 9. The molecular weight excluding hydrogens is 342 g/mol. The van der Waals surface area contributed by atoms with Crippen molar-refractivity contribution < 1.29 is 14.3 Å². The molecule has 0 aliphatic heterocycles. The van der Waals surface area contributed by atoms with Crippen LogP contribution in [-0.4, -0.2) is 38.2 Å². The van der Waals surface area contributed by atoms with Gasteiger partial charge in [-0.2, -0.15) is 0 Å². The van der Waals surface area contributed by atoms with E-state index in [4.69, 9.17) is 9.47 Å². The third-order valence-electron chi connectivity index (χ3n) is 3.78. The Bertz CT molecular complexity index is 730. The van der Waals surface area contributed by atoms with Crippen molar-refractivity contribution in [3.8, 4) is 11.5 Å². The van der Waals surface area contributed by atoms with Crippen molar-refractivity contribution in [3.63, 3.8) is 0 Å². The maximum absolute atomic E-state index is 12.3. The van der Waals surface area contributed by atoms with Crippen LogP contribution in [0, 0.1) is 0 Å². The van der Waals surface area contributed by atoms with E-state index in [0.717, 1.165) is 12.1 Å².